The fourth-order valence-electron chi connectivity index (χ4n) is 3.39. The van der Waals surface area contributed by atoms with Gasteiger partial charge >= 0.3 is 0 Å². The standard InChI is InChI=1S/C25H38N4OSi2/c1-21(26-28(31(3,4)5)24-15-11-9-12-16-24)19-23(20-22(2)30)27-29(32(6,7)8)25-17-13-10-14-18-25/h9-18H,19-20H2,1-8H3/b26-21+,27-23-. The van der Waals surface area contributed by atoms with Gasteiger partial charge in [-0.05, 0) is 77.4 Å². The predicted octanol–water partition coefficient (Wildman–Crippen LogP) is 6.77. The molecule has 0 saturated carbocycles. The van der Waals surface area contributed by atoms with Crippen LogP contribution >= 0.6 is 0 Å². The third-order valence-corrected chi connectivity index (χ3v) is 7.96. The zero-order valence-electron chi connectivity index (χ0n) is 20.9. The summed E-state index contributed by atoms with van der Waals surface area (Å²) in [6, 6.07) is 20.5. The number of hydrogen-bond donors (Lipinski definition) is 0. The zero-order valence-corrected chi connectivity index (χ0v) is 22.9. The van der Waals surface area contributed by atoms with Crippen LogP contribution in [0.1, 0.15) is 26.7 Å². The van der Waals surface area contributed by atoms with Gasteiger partial charge in [-0.2, -0.15) is 10.2 Å². The van der Waals surface area contributed by atoms with Crippen LogP contribution in [0.2, 0.25) is 39.3 Å². The summed E-state index contributed by atoms with van der Waals surface area (Å²) in [5.74, 6) is 0.116. The third kappa shape index (κ3) is 7.87. The second-order valence-corrected chi connectivity index (χ2v) is 19.7. The lowest BCUT2D eigenvalue weighted by molar-refractivity contribution is -0.115. The van der Waals surface area contributed by atoms with Gasteiger partial charge in [0.05, 0.1) is 5.71 Å². The van der Waals surface area contributed by atoms with E-state index in [0.717, 1.165) is 22.8 Å². The van der Waals surface area contributed by atoms with Crippen LogP contribution in [0.15, 0.2) is 70.9 Å². The summed E-state index contributed by atoms with van der Waals surface area (Å²) in [5, 5.41) is 10.1. The quantitative estimate of drug-likeness (QED) is 0.220. The number of ketones is 1. The van der Waals surface area contributed by atoms with E-state index in [-0.39, 0.29) is 5.78 Å². The highest BCUT2D eigenvalue weighted by atomic mass is 28.3. The molecule has 0 saturated heterocycles. The van der Waals surface area contributed by atoms with Crippen LogP contribution in [0, 0.1) is 0 Å². The number of carbonyl (C=O) groups is 1. The van der Waals surface area contributed by atoms with Crippen LogP contribution in [0.5, 0.6) is 0 Å². The summed E-state index contributed by atoms with van der Waals surface area (Å²) in [6.07, 6.45) is 0.903. The van der Waals surface area contributed by atoms with Gasteiger partial charge in [0.1, 0.15) is 5.78 Å². The van der Waals surface area contributed by atoms with Gasteiger partial charge < -0.3 is 0 Å². The van der Waals surface area contributed by atoms with Crippen LogP contribution in [0.3, 0.4) is 0 Å². The van der Waals surface area contributed by atoms with Crippen molar-refractivity contribution >= 4 is 45.1 Å². The number of benzene rings is 2. The highest BCUT2D eigenvalue weighted by Gasteiger charge is 2.27. The van der Waals surface area contributed by atoms with Crippen LogP contribution < -0.4 is 9.35 Å². The highest BCUT2D eigenvalue weighted by molar-refractivity contribution is 6.80. The van der Waals surface area contributed by atoms with Gasteiger partial charge in [-0.1, -0.05) is 36.4 Å². The number of para-hydroxylation sites is 2. The average Bonchev–Trinajstić information content (AvgIpc) is 2.69. The third-order valence-electron chi connectivity index (χ3n) is 4.70. The number of nitrogens with zero attached hydrogens (tertiary/aromatic N) is 4. The maximum atomic E-state index is 12.1. The summed E-state index contributed by atoms with van der Waals surface area (Å²) in [5.41, 5.74) is 3.98. The van der Waals surface area contributed by atoms with Gasteiger partial charge in [0.25, 0.3) is 0 Å². The number of anilines is 2. The lowest BCUT2D eigenvalue weighted by atomic mass is 10.1. The molecule has 0 radical (unpaired) electrons. The molecule has 0 aliphatic carbocycles. The van der Waals surface area contributed by atoms with E-state index >= 15 is 0 Å². The SMILES string of the molecule is CC(=O)C/C(C/C(C)=N/N(c1ccccc1)[Si](C)(C)C)=N\N(c1ccccc1)[Si](C)(C)C. The van der Waals surface area contributed by atoms with Gasteiger partial charge in [0, 0.05) is 29.9 Å². The fraction of sp³-hybridized carbons (Fsp3) is 0.400. The molecule has 5 nitrogen and oxygen atoms in total. The number of hydrogen-bond acceptors (Lipinski definition) is 5. The van der Waals surface area contributed by atoms with Gasteiger partial charge in [0.15, 0.2) is 16.5 Å². The van der Waals surface area contributed by atoms with E-state index in [0.29, 0.717) is 12.8 Å². The lowest BCUT2D eigenvalue weighted by Crippen LogP contribution is -2.44. The molecule has 0 bridgehead atoms. The molecule has 0 aliphatic heterocycles. The first-order chi connectivity index (χ1) is 14.9. The smallest absolute Gasteiger partial charge is 0.176 e. The second-order valence-electron chi connectivity index (χ2n) is 10.2. The van der Waals surface area contributed by atoms with Crippen LogP contribution in [0.25, 0.3) is 0 Å². The maximum Gasteiger partial charge on any atom is 0.176 e. The van der Waals surface area contributed by atoms with Crippen molar-refractivity contribution in [3.05, 3.63) is 60.7 Å². The number of Topliss-reactive ketones (excluding diaryl/α,β-unsaturated/α-hetero) is 1. The van der Waals surface area contributed by atoms with E-state index in [1.165, 1.54) is 0 Å². The molecule has 172 valence electrons. The van der Waals surface area contributed by atoms with E-state index < -0.39 is 16.5 Å². The van der Waals surface area contributed by atoms with Crippen LogP contribution in [-0.4, -0.2) is 33.7 Å². The molecule has 0 aliphatic rings. The van der Waals surface area contributed by atoms with Gasteiger partial charge in [-0.15, -0.1) is 0 Å². The Morgan fingerprint density at radius 3 is 1.47 bits per heavy atom. The summed E-state index contributed by atoms with van der Waals surface area (Å²) in [7, 11) is -3.57. The second kappa shape index (κ2) is 10.9. The Labute approximate surface area is 196 Å². The first-order valence-electron chi connectivity index (χ1n) is 11.2. The van der Waals surface area contributed by atoms with E-state index in [1.807, 2.05) is 43.3 Å². The summed E-state index contributed by atoms with van der Waals surface area (Å²) < 4.78 is 4.33. The van der Waals surface area contributed by atoms with E-state index in [9.17, 15) is 4.79 Å². The molecule has 0 unspecified atom stereocenters. The Balaban J connectivity index is 2.43. The minimum Gasteiger partial charge on any atom is -0.300 e. The Morgan fingerprint density at radius 2 is 1.09 bits per heavy atom. The zero-order chi connectivity index (χ0) is 23.9. The lowest BCUT2D eigenvalue weighted by Gasteiger charge is -2.33. The molecule has 0 N–H and O–H groups in total. The first-order valence-corrected chi connectivity index (χ1v) is 18.1. The Bertz CT molecular complexity index is 945. The number of rotatable bonds is 10. The molecule has 32 heavy (non-hydrogen) atoms. The highest BCUT2D eigenvalue weighted by Crippen LogP contribution is 2.24. The molecule has 2 rings (SSSR count). The Morgan fingerprint density at radius 1 is 0.688 bits per heavy atom. The monoisotopic (exact) mass is 466 g/mol. The molecule has 7 heteroatoms. The molecule has 2 aromatic rings. The van der Waals surface area contributed by atoms with Crippen molar-refractivity contribution in [2.24, 2.45) is 10.2 Å². The summed E-state index contributed by atoms with van der Waals surface area (Å²) >= 11 is 0. The predicted molar refractivity (Wildman–Crippen MR) is 145 cm³/mol. The maximum absolute atomic E-state index is 12.1. The first kappa shape index (κ1) is 25.7. The van der Waals surface area contributed by atoms with E-state index in [1.54, 1.807) is 6.92 Å². The van der Waals surface area contributed by atoms with Crippen molar-refractivity contribution in [3.63, 3.8) is 0 Å². The molecule has 0 atom stereocenters. The van der Waals surface area contributed by atoms with Crippen LogP contribution in [0.4, 0.5) is 11.4 Å². The van der Waals surface area contributed by atoms with E-state index in [2.05, 4.69) is 72.9 Å². The van der Waals surface area contributed by atoms with Gasteiger partial charge in [0.2, 0.25) is 0 Å². The molecule has 0 heterocycles. The normalized spacial score (nSPS) is 13.1. The molecule has 0 fully saturated rings. The molecule has 0 spiro atoms. The topological polar surface area (TPSA) is 48.3 Å². The average molecular weight is 467 g/mol. The van der Waals surface area contributed by atoms with Crippen molar-refractivity contribution < 1.29 is 4.79 Å². The van der Waals surface area contributed by atoms with Crippen molar-refractivity contribution in [1.82, 2.24) is 0 Å². The van der Waals surface area contributed by atoms with Crippen LogP contribution in [-0.2, 0) is 4.79 Å². The van der Waals surface area contributed by atoms with Gasteiger partial charge in [-0.3, -0.25) is 14.1 Å². The number of carbonyl (C=O) groups excluding carboxylic acids is 1. The van der Waals surface area contributed by atoms with Crippen molar-refractivity contribution in [2.75, 3.05) is 9.35 Å². The summed E-state index contributed by atoms with van der Waals surface area (Å²) in [4.78, 5) is 12.1. The van der Waals surface area contributed by atoms with Crippen molar-refractivity contribution in [3.8, 4) is 0 Å². The number of hydrazone groups is 2. The Kier molecular flexibility index (Phi) is 8.75. The van der Waals surface area contributed by atoms with Gasteiger partial charge in [-0.25, -0.2) is 0 Å². The van der Waals surface area contributed by atoms with Crippen molar-refractivity contribution in [2.45, 2.75) is 66.0 Å². The minimum atomic E-state index is -1.82. The van der Waals surface area contributed by atoms with E-state index in [4.69, 9.17) is 10.2 Å². The Hall–Kier alpha value is -2.52. The molecular weight excluding hydrogens is 428 g/mol. The molecular formula is C25H38N4OSi2. The molecule has 0 amide bonds. The van der Waals surface area contributed by atoms with Crippen molar-refractivity contribution in [1.29, 1.82) is 0 Å². The minimum absolute atomic E-state index is 0.116. The molecule has 0 aromatic heterocycles. The molecule has 2 aromatic carbocycles. The largest absolute Gasteiger partial charge is 0.300 e. The fourth-order valence-corrected chi connectivity index (χ4v) is 6.15. The summed E-state index contributed by atoms with van der Waals surface area (Å²) in [6.45, 7) is 17.3.